The number of ether oxygens (including phenoxy) is 2. The van der Waals surface area contributed by atoms with E-state index in [1.165, 1.54) is 16.2 Å². The average Bonchev–Trinajstić information content (AvgIpc) is 3.00. The Kier molecular flexibility index (Phi) is 3.78. The molecule has 1 atom stereocenters. The molecule has 1 saturated heterocycles. The van der Waals surface area contributed by atoms with E-state index in [4.69, 9.17) is 9.47 Å². The van der Waals surface area contributed by atoms with Gasteiger partial charge in [0.15, 0.2) is 11.5 Å². The number of halogens is 1. The second kappa shape index (κ2) is 5.45. The highest BCUT2D eigenvalue weighted by Crippen LogP contribution is 2.39. The SMILES string of the molecule is O=C1CC(S(=O)(=O)F)CN1CCc1scc2c1OCCO2. The zero-order chi connectivity index (χ0) is 15.0. The van der Waals surface area contributed by atoms with Crippen LogP contribution >= 0.6 is 11.3 Å². The van der Waals surface area contributed by atoms with Crippen molar-refractivity contribution in [2.24, 2.45) is 0 Å². The zero-order valence-corrected chi connectivity index (χ0v) is 12.7. The molecule has 1 fully saturated rings. The fourth-order valence-electron chi connectivity index (χ4n) is 2.47. The molecule has 0 bridgehead atoms. The average molecular weight is 335 g/mol. The van der Waals surface area contributed by atoms with Crippen LogP contribution in [-0.4, -0.2) is 50.8 Å². The van der Waals surface area contributed by atoms with Gasteiger partial charge in [-0.15, -0.1) is 15.2 Å². The van der Waals surface area contributed by atoms with Gasteiger partial charge in [0, 0.05) is 31.3 Å². The lowest BCUT2D eigenvalue weighted by atomic mass is 10.3. The van der Waals surface area contributed by atoms with Gasteiger partial charge in [0.1, 0.15) is 18.5 Å². The van der Waals surface area contributed by atoms with E-state index in [9.17, 15) is 17.1 Å². The summed E-state index contributed by atoms with van der Waals surface area (Å²) in [4.78, 5) is 14.1. The minimum Gasteiger partial charge on any atom is -0.485 e. The Morgan fingerprint density at radius 1 is 1.38 bits per heavy atom. The summed E-state index contributed by atoms with van der Waals surface area (Å²) >= 11 is 1.48. The molecule has 0 spiro atoms. The van der Waals surface area contributed by atoms with Crippen molar-refractivity contribution in [1.82, 2.24) is 4.90 Å². The molecular formula is C12H14FNO5S2. The third-order valence-corrected chi connectivity index (χ3v) is 5.68. The van der Waals surface area contributed by atoms with Gasteiger partial charge in [-0.3, -0.25) is 4.79 Å². The van der Waals surface area contributed by atoms with Crippen LogP contribution in [0.25, 0.3) is 0 Å². The number of rotatable bonds is 4. The molecule has 0 radical (unpaired) electrons. The van der Waals surface area contributed by atoms with Crippen LogP contribution in [-0.2, 0) is 21.4 Å². The van der Waals surface area contributed by atoms with E-state index in [1.54, 1.807) is 0 Å². The highest BCUT2D eigenvalue weighted by Gasteiger charge is 2.38. The number of likely N-dealkylation sites (tertiary alicyclic amines) is 1. The van der Waals surface area contributed by atoms with Gasteiger partial charge < -0.3 is 14.4 Å². The van der Waals surface area contributed by atoms with Crippen LogP contribution in [0.5, 0.6) is 11.5 Å². The van der Waals surface area contributed by atoms with Gasteiger partial charge in [0.05, 0.1) is 4.88 Å². The van der Waals surface area contributed by atoms with E-state index in [0.29, 0.717) is 37.7 Å². The van der Waals surface area contributed by atoms with E-state index in [0.717, 1.165) is 4.88 Å². The maximum absolute atomic E-state index is 12.9. The topological polar surface area (TPSA) is 72.9 Å². The molecule has 0 aromatic carbocycles. The minimum atomic E-state index is -4.66. The summed E-state index contributed by atoms with van der Waals surface area (Å²) in [6, 6.07) is 0. The van der Waals surface area contributed by atoms with Crippen LogP contribution in [0, 0.1) is 0 Å². The van der Waals surface area contributed by atoms with Gasteiger partial charge in [0.2, 0.25) is 5.91 Å². The number of fused-ring (bicyclic) bond motifs is 1. The fraction of sp³-hybridized carbons (Fsp3) is 0.583. The van der Waals surface area contributed by atoms with Gasteiger partial charge >= 0.3 is 10.2 Å². The van der Waals surface area contributed by atoms with Gasteiger partial charge in [-0.25, -0.2) is 0 Å². The third kappa shape index (κ3) is 2.98. The van der Waals surface area contributed by atoms with E-state index < -0.39 is 15.5 Å². The summed E-state index contributed by atoms with van der Waals surface area (Å²) in [5.74, 6) is 1.08. The Morgan fingerprint density at radius 3 is 2.86 bits per heavy atom. The fourth-order valence-corrected chi connectivity index (χ4v) is 4.06. The van der Waals surface area contributed by atoms with Gasteiger partial charge in [-0.05, 0) is 0 Å². The maximum atomic E-state index is 12.9. The molecule has 1 aromatic rings. The normalized spacial score (nSPS) is 21.9. The number of hydrogen-bond acceptors (Lipinski definition) is 6. The predicted octanol–water partition coefficient (Wildman–Crippen LogP) is 0.962. The van der Waals surface area contributed by atoms with Crippen LogP contribution in [0.15, 0.2) is 5.38 Å². The molecule has 116 valence electrons. The van der Waals surface area contributed by atoms with E-state index in [1.807, 2.05) is 5.38 Å². The maximum Gasteiger partial charge on any atom is 0.307 e. The number of hydrogen-bond donors (Lipinski definition) is 0. The molecule has 0 saturated carbocycles. The van der Waals surface area contributed by atoms with Crippen LogP contribution in [0.2, 0.25) is 0 Å². The Labute approximate surface area is 125 Å². The molecule has 0 aliphatic carbocycles. The molecule has 0 N–H and O–H groups in total. The van der Waals surface area contributed by atoms with Crippen molar-refractivity contribution in [1.29, 1.82) is 0 Å². The molecule has 21 heavy (non-hydrogen) atoms. The lowest BCUT2D eigenvalue weighted by Crippen LogP contribution is -2.29. The summed E-state index contributed by atoms with van der Waals surface area (Å²) in [6.07, 6.45) is 0.259. The number of amides is 1. The number of nitrogens with zero attached hydrogens (tertiary/aromatic N) is 1. The molecule has 9 heteroatoms. The van der Waals surface area contributed by atoms with Crippen molar-refractivity contribution >= 4 is 27.5 Å². The molecule has 1 unspecified atom stereocenters. The quantitative estimate of drug-likeness (QED) is 0.767. The van der Waals surface area contributed by atoms with Crippen molar-refractivity contribution in [3.63, 3.8) is 0 Å². The van der Waals surface area contributed by atoms with Crippen molar-refractivity contribution < 1.29 is 26.6 Å². The highest BCUT2D eigenvalue weighted by molar-refractivity contribution is 7.87. The molecule has 6 nitrogen and oxygen atoms in total. The first-order valence-corrected chi connectivity index (χ1v) is 8.85. The van der Waals surface area contributed by atoms with E-state index in [-0.39, 0.29) is 18.9 Å². The first kappa shape index (κ1) is 14.6. The van der Waals surface area contributed by atoms with Crippen LogP contribution < -0.4 is 9.47 Å². The largest absolute Gasteiger partial charge is 0.485 e. The molecule has 1 amide bonds. The summed E-state index contributed by atoms with van der Waals surface area (Å²) in [5.41, 5.74) is 0. The number of carbonyl (C=O) groups excluding carboxylic acids is 1. The molecule has 3 rings (SSSR count). The zero-order valence-electron chi connectivity index (χ0n) is 11.1. The smallest absolute Gasteiger partial charge is 0.307 e. The summed E-state index contributed by atoms with van der Waals surface area (Å²) < 4.78 is 45.6. The van der Waals surface area contributed by atoms with Crippen molar-refractivity contribution in [3.8, 4) is 11.5 Å². The van der Waals surface area contributed by atoms with Crippen LogP contribution in [0.3, 0.4) is 0 Å². The molecule has 2 aliphatic heterocycles. The van der Waals surface area contributed by atoms with Crippen molar-refractivity contribution in [2.45, 2.75) is 18.1 Å². The molecule has 2 aliphatic rings. The van der Waals surface area contributed by atoms with Crippen LogP contribution in [0.4, 0.5) is 3.89 Å². The van der Waals surface area contributed by atoms with Crippen molar-refractivity contribution in [2.75, 3.05) is 26.3 Å². The van der Waals surface area contributed by atoms with Gasteiger partial charge in [0.25, 0.3) is 0 Å². The monoisotopic (exact) mass is 335 g/mol. The molecule has 3 heterocycles. The molecular weight excluding hydrogens is 321 g/mol. The first-order chi connectivity index (χ1) is 9.95. The summed E-state index contributed by atoms with van der Waals surface area (Å²) in [6.45, 7) is 1.27. The second-order valence-corrected chi connectivity index (χ2v) is 7.52. The summed E-state index contributed by atoms with van der Waals surface area (Å²) in [5, 5.41) is 0.617. The van der Waals surface area contributed by atoms with E-state index >= 15 is 0 Å². The minimum absolute atomic E-state index is 0.0808. The van der Waals surface area contributed by atoms with Crippen LogP contribution in [0.1, 0.15) is 11.3 Å². The highest BCUT2D eigenvalue weighted by atomic mass is 32.3. The number of carbonyl (C=O) groups is 1. The standard InChI is InChI=1S/C12H14FNO5S2/c13-21(16,17)8-5-11(15)14(6-8)2-1-10-12-9(7-20-10)18-3-4-19-12/h7-8H,1-6H2. The Bertz CT molecular complexity index is 657. The summed E-state index contributed by atoms with van der Waals surface area (Å²) in [7, 11) is -4.66. The second-order valence-electron chi connectivity index (χ2n) is 4.94. The van der Waals surface area contributed by atoms with Gasteiger partial charge in [-0.1, -0.05) is 0 Å². The Balaban J connectivity index is 1.63. The first-order valence-electron chi connectivity index (χ1n) is 6.52. The third-order valence-electron chi connectivity index (χ3n) is 3.56. The van der Waals surface area contributed by atoms with Crippen molar-refractivity contribution in [3.05, 3.63) is 10.3 Å². The lowest BCUT2D eigenvalue weighted by Gasteiger charge is -2.18. The van der Waals surface area contributed by atoms with Gasteiger partial charge in [-0.2, -0.15) is 8.42 Å². The number of thiophene rings is 1. The molecule has 1 aromatic heterocycles. The lowest BCUT2D eigenvalue weighted by molar-refractivity contribution is -0.127. The van der Waals surface area contributed by atoms with E-state index in [2.05, 4.69) is 0 Å². The Morgan fingerprint density at radius 2 is 2.14 bits per heavy atom. The predicted molar refractivity (Wildman–Crippen MR) is 74.0 cm³/mol. The Hall–Kier alpha value is -1.35.